The first-order chi connectivity index (χ1) is 9.69. The van der Waals surface area contributed by atoms with E-state index in [1.165, 1.54) is 0 Å². The van der Waals surface area contributed by atoms with Gasteiger partial charge in [0.2, 0.25) is 0 Å². The largest absolute Gasteiger partial charge is 0.458 e. The van der Waals surface area contributed by atoms with E-state index in [0.29, 0.717) is 11.1 Å². The Morgan fingerprint density at radius 3 is 1.50 bits per heavy atom. The normalized spacial score (nSPS) is 10.9. The summed E-state index contributed by atoms with van der Waals surface area (Å²) in [6.45, 7) is 4.18. The van der Waals surface area contributed by atoms with Gasteiger partial charge in [0.05, 0.1) is 11.1 Å². The Morgan fingerprint density at radius 2 is 1.20 bits per heavy atom. The minimum Gasteiger partial charge on any atom is -0.458 e. The second-order valence-electron chi connectivity index (χ2n) is 3.91. The molecular weight excluding hydrogens is 256 g/mol. The minimum atomic E-state index is -0.420. The van der Waals surface area contributed by atoms with Crippen LogP contribution >= 0.6 is 0 Å². The van der Waals surface area contributed by atoms with Crippen molar-refractivity contribution in [3.63, 3.8) is 0 Å². The van der Waals surface area contributed by atoms with Crippen molar-refractivity contribution >= 4 is 11.9 Å². The van der Waals surface area contributed by atoms with Crippen LogP contribution in [0.1, 0.15) is 34.6 Å². The highest BCUT2D eigenvalue weighted by Gasteiger charge is 2.09. The molecule has 0 spiro atoms. The average Bonchev–Trinajstić information content (AvgIpc) is 2.47. The maximum Gasteiger partial charge on any atom is 0.338 e. The molecule has 0 N–H and O–H groups in total. The summed E-state index contributed by atoms with van der Waals surface area (Å²) in [6.07, 6.45) is 7.09. The Kier molecular flexibility index (Phi) is 6.82. The van der Waals surface area contributed by atoms with Crippen LogP contribution in [-0.4, -0.2) is 25.2 Å². The zero-order valence-electron chi connectivity index (χ0n) is 11.7. The number of rotatable bonds is 6. The van der Waals surface area contributed by atoms with E-state index in [4.69, 9.17) is 9.47 Å². The molecule has 0 amide bonds. The summed E-state index contributed by atoms with van der Waals surface area (Å²) >= 11 is 0. The van der Waals surface area contributed by atoms with E-state index in [9.17, 15) is 9.59 Å². The Balaban J connectivity index is 2.59. The van der Waals surface area contributed by atoms with Gasteiger partial charge in [-0.1, -0.05) is 24.3 Å². The lowest BCUT2D eigenvalue weighted by atomic mass is 10.1. The van der Waals surface area contributed by atoms with Crippen LogP contribution in [0.4, 0.5) is 0 Å². The van der Waals surface area contributed by atoms with Crippen molar-refractivity contribution in [2.75, 3.05) is 13.2 Å². The van der Waals surface area contributed by atoms with Crippen LogP contribution in [0.25, 0.3) is 0 Å². The molecular formula is C16H18O4. The maximum atomic E-state index is 11.6. The summed E-state index contributed by atoms with van der Waals surface area (Å²) in [6, 6.07) is 6.18. The quantitative estimate of drug-likeness (QED) is 0.590. The van der Waals surface area contributed by atoms with Crippen LogP contribution in [0.5, 0.6) is 0 Å². The van der Waals surface area contributed by atoms with Crippen molar-refractivity contribution in [2.45, 2.75) is 13.8 Å². The highest BCUT2D eigenvalue weighted by atomic mass is 16.5. The highest BCUT2D eigenvalue weighted by Crippen LogP contribution is 2.07. The zero-order chi connectivity index (χ0) is 14.8. The summed E-state index contributed by atoms with van der Waals surface area (Å²) in [4.78, 5) is 23.3. The van der Waals surface area contributed by atoms with Gasteiger partial charge in [0.25, 0.3) is 0 Å². The van der Waals surface area contributed by atoms with Crippen molar-refractivity contribution < 1.29 is 19.1 Å². The van der Waals surface area contributed by atoms with Gasteiger partial charge in [-0.25, -0.2) is 9.59 Å². The summed E-state index contributed by atoms with van der Waals surface area (Å²) in [5, 5.41) is 0. The van der Waals surface area contributed by atoms with Gasteiger partial charge in [-0.15, -0.1) is 0 Å². The van der Waals surface area contributed by atoms with Crippen LogP contribution in [0, 0.1) is 0 Å². The summed E-state index contributed by atoms with van der Waals surface area (Å²) in [7, 11) is 0. The second kappa shape index (κ2) is 8.69. The molecule has 0 bridgehead atoms. The van der Waals surface area contributed by atoms with Crippen molar-refractivity contribution in [2.24, 2.45) is 0 Å². The van der Waals surface area contributed by atoms with Crippen LogP contribution in [-0.2, 0) is 9.47 Å². The number of hydrogen-bond donors (Lipinski definition) is 0. The molecule has 0 aliphatic heterocycles. The van der Waals surface area contributed by atoms with E-state index in [1.54, 1.807) is 48.6 Å². The van der Waals surface area contributed by atoms with Crippen molar-refractivity contribution in [3.8, 4) is 0 Å². The van der Waals surface area contributed by atoms with Gasteiger partial charge < -0.3 is 9.47 Å². The topological polar surface area (TPSA) is 52.6 Å². The van der Waals surface area contributed by atoms with E-state index in [-0.39, 0.29) is 13.2 Å². The van der Waals surface area contributed by atoms with E-state index in [0.717, 1.165) is 0 Å². The number of carbonyl (C=O) groups is 2. The molecule has 106 valence electrons. The first-order valence-electron chi connectivity index (χ1n) is 6.35. The number of benzene rings is 1. The Hall–Kier alpha value is -2.36. The van der Waals surface area contributed by atoms with Gasteiger partial charge in [-0.05, 0) is 38.1 Å². The molecule has 0 radical (unpaired) electrons. The van der Waals surface area contributed by atoms with Gasteiger partial charge in [-0.2, -0.15) is 0 Å². The predicted octanol–water partition coefficient (Wildman–Crippen LogP) is 3.15. The average molecular weight is 274 g/mol. The standard InChI is InChI=1S/C16H18O4/c1-3-5-11-19-15(17)13-7-9-14(10-8-13)16(18)20-12-6-4-2/h3-10H,11-12H2,1-2H3/b5-3+,6-4+. The molecule has 4 nitrogen and oxygen atoms in total. The SMILES string of the molecule is C/C=C/COC(=O)c1ccc(C(=O)OC/C=C/C)cc1. The Labute approximate surface area is 118 Å². The Morgan fingerprint density at radius 1 is 0.850 bits per heavy atom. The first kappa shape index (κ1) is 15.7. The number of hydrogen-bond acceptors (Lipinski definition) is 4. The molecule has 0 atom stereocenters. The van der Waals surface area contributed by atoms with Gasteiger partial charge >= 0.3 is 11.9 Å². The molecule has 0 saturated heterocycles. The van der Waals surface area contributed by atoms with Crippen molar-refractivity contribution in [3.05, 3.63) is 59.7 Å². The van der Waals surface area contributed by atoms with Gasteiger partial charge in [0, 0.05) is 0 Å². The lowest BCUT2D eigenvalue weighted by Gasteiger charge is -2.04. The third kappa shape index (κ3) is 5.10. The van der Waals surface area contributed by atoms with Crippen LogP contribution in [0.15, 0.2) is 48.6 Å². The molecule has 20 heavy (non-hydrogen) atoms. The second-order valence-corrected chi connectivity index (χ2v) is 3.91. The molecule has 0 fully saturated rings. The van der Waals surface area contributed by atoms with Crippen molar-refractivity contribution in [1.29, 1.82) is 0 Å². The van der Waals surface area contributed by atoms with E-state index in [2.05, 4.69) is 0 Å². The minimum absolute atomic E-state index is 0.239. The summed E-state index contributed by atoms with van der Waals surface area (Å²) < 4.78 is 9.99. The summed E-state index contributed by atoms with van der Waals surface area (Å²) in [5.41, 5.74) is 0.805. The molecule has 0 aromatic heterocycles. The van der Waals surface area contributed by atoms with Crippen molar-refractivity contribution in [1.82, 2.24) is 0 Å². The van der Waals surface area contributed by atoms with E-state index in [1.807, 2.05) is 13.8 Å². The fourth-order valence-electron chi connectivity index (χ4n) is 1.35. The molecule has 1 aromatic rings. The first-order valence-corrected chi connectivity index (χ1v) is 6.35. The van der Waals surface area contributed by atoms with Gasteiger partial charge in [0.1, 0.15) is 13.2 Å². The number of ether oxygens (including phenoxy) is 2. The lowest BCUT2D eigenvalue weighted by molar-refractivity contribution is 0.0535. The van der Waals surface area contributed by atoms with E-state index < -0.39 is 11.9 Å². The monoisotopic (exact) mass is 274 g/mol. The number of esters is 2. The molecule has 0 saturated carbocycles. The molecule has 0 aliphatic rings. The van der Waals surface area contributed by atoms with Crippen LogP contribution < -0.4 is 0 Å². The molecule has 0 aliphatic carbocycles. The molecule has 0 heterocycles. The molecule has 1 rings (SSSR count). The highest BCUT2D eigenvalue weighted by molar-refractivity contribution is 5.93. The Bertz CT molecular complexity index is 451. The molecule has 1 aromatic carbocycles. The number of allylic oxidation sites excluding steroid dienone is 2. The van der Waals surface area contributed by atoms with Crippen LogP contribution in [0.3, 0.4) is 0 Å². The predicted molar refractivity (Wildman–Crippen MR) is 76.6 cm³/mol. The van der Waals surface area contributed by atoms with Gasteiger partial charge in [-0.3, -0.25) is 0 Å². The fraction of sp³-hybridized carbons (Fsp3) is 0.250. The maximum absolute atomic E-state index is 11.6. The molecule has 4 heteroatoms. The fourth-order valence-corrected chi connectivity index (χ4v) is 1.35. The number of carbonyl (C=O) groups excluding carboxylic acids is 2. The zero-order valence-corrected chi connectivity index (χ0v) is 11.7. The van der Waals surface area contributed by atoms with E-state index >= 15 is 0 Å². The van der Waals surface area contributed by atoms with Crippen LogP contribution in [0.2, 0.25) is 0 Å². The smallest absolute Gasteiger partial charge is 0.338 e. The summed E-state index contributed by atoms with van der Waals surface area (Å²) in [5.74, 6) is -0.839. The molecule has 0 unspecified atom stereocenters. The third-order valence-corrected chi connectivity index (χ3v) is 2.45. The van der Waals surface area contributed by atoms with Gasteiger partial charge in [0.15, 0.2) is 0 Å². The lowest BCUT2D eigenvalue weighted by Crippen LogP contribution is -2.08. The third-order valence-electron chi connectivity index (χ3n) is 2.45.